The zero-order valence-corrected chi connectivity index (χ0v) is 33.5. The fourth-order valence-electron chi connectivity index (χ4n) is 11.2. The predicted octanol–water partition coefficient (Wildman–Crippen LogP) is 14.7. The lowest BCUT2D eigenvalue weighted by Gasteiger charge is -2.30. The third-order valence-electron chi connectivity index (χ3n) is 13.9. The van der Waals surface area contributed by atoms with E-state index in [2.05, 4.69) is 211 Å². The second-order valence-corrected chi connectivity index (χ2v) is 16.8. The largest absolute Gasteiger partial charge is 0.309 e. The van der Waals surface area contributed by atoms with E-state index in [-0.39, 0.29) is 0 Å². The van der Waals surface area contributed by atoms with Crippen LogP contribution in [0.3, 0.4) is 0 Å². The van der Waals surface area contributed by atoms with E-state index in [0.717, 1.165) is 38.6 Å². The fourth-order valence-corrected chi connectivity index (χ4v) is 11.2. The lowest BCUT2D eigenvalue weighted by atomic mass is 9.70. The summed E-state index contributed by atoms with van der Waals surface area (Å²) in [6, 6.07) is 75.9. The molecule has 62 heavy (non-hydrogen) atoms. The fraction of sp³-hybridized carbons (Fsp3) is 0.0169. The first kappa shape index (κ1) is 33.7. The van der Waals surface area contributed by atoms with E-state index in [1.807, 2.05) is 6.20 Å². The van der Waals surface area contributed by atoms with Crippen molar-refractivity contribution in [3.63, 3.8) is 0 Å². The summed E-state index contributed by atoms with van der Waals surface area (Å²) < 4.78 is 2.46. The molecule has 2 aliphatic rings. The second kappa shape index (κ2) is 12.4. The summed E-state index contributed by atoms with van der Waals surface area (Å²) in [6.45, 7) is 0. The Balaban J connectivity index is 0.895. The van der Waals surface area contributed by atoms with Gasteiger partial charge in [0, 0.05) is 32.8 Å². The number of fused-ring (bicyclic) bond motifs is 19. The molecule has 0 saturated carbocycles. The molecule has 0 bridgehead atoms. The molecule has 0 radical (unpaired) electrons. The average molecular weight is 786 g/mol. The Hall–Kier alpha value is -8.14. The molecule has 0 amide bonds. The summed E-state index contributed by atoms with van der Waals surface area (Å²) in [5.74, 6) is 0. The lowest BCUT2D eigenvalue weighted by Crippen LogP contribution is -2.26. The van der Waals surface area contributed by atoms with Crippen molar-refractivity contribution in [1.82, 2.24) is 14.5 Å². The van der Waals surface area contributed by atoms with Crippen molar-refractivity contribution in [3.8, 4) is 50.3 Å². The molecule has 3 heteroatoms. The van der Waals surface area contributed by atoms with Crippen LogP contribution < -0.4 is 0 Å². The van der Waals surface area contributed by atoms with Crippen LogP contribution in [0.5, 0.6) is 0 Å². The maximum absolute atomic E-state index is 5.25. The Morgan fingerprint density at radius 2 is 0.839 bits per heavy atom. The van der Waals surface area contributed by atoms with Gasteiger partial charge in [0.05, 0.1) is 39.4 Å². The van der Waals surface area contributed by atoms with Gasteiger partial charge in [0.15, 0.2) is 0 Å². The highest BCUT2D eigenvalue weighted by molar-refractivity contribution is 6.23. The summed E-state index contributed by atoms with van der Waals surface area (Å²) in [4.78, 5) is 10.3. The summed E-state index contributed by atoms with van der Waals surface area (Å²) >= 11 is 0. The molecule has 12 aromatic rings. The molecule has 10 aromatic carbocycles. The maximum atomic E-state index is 5.25. The van der Waals surface area contributed by atoms with Gasteiger partial charge in [-0.25, -0.2) is 4.98 Å². The molecule has 286 valence electrons. The van der Waals surface area contributed by atoms with Crippen LogP contribution in [-0.2, 0) is 5.41 Å². The molecular formula is C59H35N3. The standard InChI is InChI=1S/C59H35N3/c1-3-19-47-40(13-1)41-14-2-4-20-48(41)58-57(47)60-35-54(61-58)37-27-25-36(26-28-37)38-29-32-56-49(33-38)46-18-8-12-24-55(46)62(56)39-30-31-45-44-17-7-11-23-52(44)59(53(45)34-39)50-21-9-5-15-42(50)43-16-6-10-22-51(43)59/h1-35H. The Kier molecular flexibility index (Phi) is 6.76. The Morgan fingerprint density at radius 1 is 0.339 bits per heavy atom. The predicted molar refractivity (Wildman–Crippen MR) is 256 cm³/mol. The first-order valence-electron chi connectivity index (χ1n) is 21.4. The van der Waals surface area contributed by atoms with Crippen LogP contribution in [0, 0.1) is 0 Å². The first-order chi connectivity index (χ1) is 30.8. The van der Waals surface area contributed by atoms with Gasteiger partial charge in [-0.05, 0) is 96.7 Å². The number of nitrogens with zero attached hydrogens (tertiary/aromatic N) is 3. The highest BCUT2D eigenvalue weighted by Gasteiger charge is 2.51. The average Bonchev–Trinajstić information content (AvgIpc) is 3.95. The molecule has 0 N–H and O–H groups in total. The summed E-state index contributed by atoms with van der Waals surface area (Å²) in [7, 11) is 0. The molecule has 2 aliphatic carbocycles. The van der Waals surface area contributed by atoms with Crippen LogP contribution in [0.15, 0.2) is 212 Å². The summed E-state index contributed by atoms with van der Waals surface area (Å²) in [6.07, 6.45) is 1.92. The molecule has 0 saturated heterocycles. The zero-order chi connectivity index (χ0) is 40.5. The number of hydrogen-bond acceptors (Lipinski definition) is 2. The molecule has 3 nitrogen and oxygen atoms in total. The number of benzene rings is 10. The van der Waals surface area contributed by atoms with Crippen molar-refractivity contribution in [2.75, 3.05) is 0 Å². The van der Waals surface area contributed by atoms with Gasteiger partial charge in [0.25, 0.3) is 0 Å². The second-order valence-electron chi connectivity index (χ2n) is 16.8. The van der Waals surface area contributed by atoms with Crippen LogP contribution in [-0.4, -0.2) is 14.5 Å². The molecule has 0 unspecified atom stereocenters. The van der Waals surface area contributed by atoms with E-state index >= 15 is 0 Å². The minimum atomic E-state index is -0.395. The first-order valence-corrected chi connectivity index (χ1v) is 21.4. The van der Waals surface area contributed by atoms with Crippen molar-refractivity contribution in [1.29, 1.82) is 0 Å². The zero-order valence-electron chi connectivity index (χ0n) is 33.5. The van der Waals surface area contributed by atoms with Gasteiger partial charge in [-0.2, -0.15) is 0 Å². The van der Waals surface area contributed by atoms with Crippen molar-refractivity contribution in [3.05, 3.63) is 235 Å². The van der Waals surface area contributed by atoms with E-state index in [4.69, 9.17) is 9.97 Å². The van der Waals surface area contributed by atoms with Gasteiger partial charge in [0.1, 0.15) is 0 Å². The van der Waals surface area contributed by atoms with E-state index in [9.17, 15) is 0 Å². The van der Waals surface area contributed by atoms with Crippen molar-refractivity contribution in [2.45, 2.75) is 5.41 Å². The number of aromatic nitrogens is 3. The minimum Gasteiger partial charge on any atom is -0.309 e. The van der Waals surface area contributed by atoms with Gasteiger partial charge in [0.2, 0.25) is 0 Å². The monoisotopic (exact) mass is 785 g/mol. The van der Waals surface area contributed by atoms with Gasteiger partial charge in [-0.3, -0.25) is 4.98 Å². The number of rotatable bonds is 3. The van der Waals surface area contributed by atoms with Crippen LogP contribution in [0.2, 0.25) is 0 Å². The highest BCUT2D eigenvalue weighted by Crippen LogP contribution is 2.63. The molecule has 0 fully saturated rings. The quantitative estimate of drug-likeness (QED) is 0.167. The number of hydrogen-bond donors (Lipinski definition) is 0. The van der Waals surface area contributed by atoms with Crippen LogP contribution >= 0.6 is 0 Å². The Morgan fingerprint density at radius 3 is 1.50 bits per heavy atom. The van der Waals surface area contributed by atoms with Crippen LogP contribution in [0.1, 0.15) is 22.3 Å². The SMILES string of the molecule is c1ccc2c(c1)-c1ccccc1C21c2ccccc2-c2ccc(-n3c4ccccc4c4cc(-c5ccc(-c6cnc7c8ccccc8c8ccccc8c7n6)cc5)ccc43)cc21. The lowest BCUT2D eigenvalue weighted by molar-refractivity contribution is 0.792. The van der Waals surface area contributed by atoms with Gasteiger partial charge < -0.3 is 4.57 Å². The van der Waals surface area contributed by atoms with Crippen LogP contribution in [0.25, 0.3) is 105 Å². The van der Waals surface area contributed by atoms with E-state index in [0.29, 0.717) is 0 Å². The van der Waals surface area contributed by atoms with Crippen LogP contribution in [0.4, 0.5) is 0 Å². The highest BCUT2D eigenvalue weighted by atomic mass is 15.0. The third kappa shape index (κ3) is 4.39. The van der Waals surface area contributed by atoms with Crippen molar-refractivity contribution in [2.24, 2.45) is 0 Å². The van der Waals surface area contributed by atoms with Crippen molar-refractivity contribution >= 4 is 54.4 Å². The van der Waals surface area contributed by atoms with E-state index in [1.165, 1.54) is 88.3 Å². The minimum absolute atomic E-state index is 0.395. The van der Waals surface area contributed by atoms with Gasteiger partial charge in [-0.1, -0.05) is 176 Å². The molecule has 2 aromatic heterocycles. The van der Waals surface area contributed by atoms with Gasteiger partial charge in [-0.15, -0.1) is 0 Å². The topological polar surface area (TPSA) is 30.7 Å². The Labute approximate surface area is 357 Å². The summed E-state index contributed by atoms with van der Waals surface area (Å²) in [5, 5.41) is 7.13. The van der Waals surface area contributed by atoms with Gasteiger partial charge >= 0.3 is 0 Å². The molecule has 1 spiro atoms. The molecule has 0 aliphatic heterocycles. The molecular weight excluding hydrogens is 751 g/mol. The molecule has 0 atom stereocenters. The maximum Gasteiger partial charge on any atom is 0.0979 e. The smallest absolute Gasteiger partial charge is 0.0979 e. The van der Waals surface area contributed by atoms with E-state index < -0.39 is 5.41 Å². The molecule has 2 heterocycles. The molecule has 14 rings (SSSR count). The Bertz CT molecular complexity index is 3770. The summed E-state index contributed by atoms with van der Waals surface area (Å²) in [5.41, 5.74) is 20.0. The third-order valence-corrected chi connectivity index (χ3v) is 13.9. The van der Waals surface area contributed by atoms with Crippen molar-refractivity contribution < 1.29 is 0 Å². The number of para-hydroxylation sites is 1. The normalized spacial score (nSPS) is 13.3. The van der Waals surface area contributed by atoms with E-state index in [1.54, 1.807) is 0 Å².